The van der Waals surface area contributed by atoms with E-state index in [1.165, 1.54) is 12.1 Å². The van der Waals surface area contributed by atoms with E-state index in [0.29, 0.717) is 5.56 Å². The van der Waals surface area contributed by atoms with Crippen LogP contribution in [-0.2, 0) is 13.8 Å². The molecule has 0 saturated carbocycles. The van der Waals surface area contributed by atoms with Gasteiger partial charge in [0.15, 0.2) is 13.2 Å². The van der Waals surface area contributed by atoms with Gasteiger partial charge in [-0.25, -0.2) is 0 Å². The van der Waals surface area contributed by atoms with Crippen molar-refractivity contribution in [2.75, 3.05) is 13.3 Å². The van der Waals surface area contributed by atoms with Gasteiger partial charge in [-0.1, -0.05) is 23.2 Å². The Balaban J connectivity index is 2.18. The Labute approximate surface area is 137 Å². The minimum atomic E-state index is -1.19. The van der Waals surface area contributed by atoms with E-state index in [9.17, 15) is 14.9 Å². The Bertz CT molecular complexity index is 557. The van der Waals surface area contributed by atoms with Crippen molar-refractivity contribution in [1.29, 1.82) is 0 Å². The molecule has 1 aliphatic rings. The molecule has 1 aromatic carbocycles. The Kier molecular flexibility index (Phi) is 5.94. The number of halogens is 2. The van der Waals surface area contributed by atoms with Crippen molar-refractivity contribution < 1.29 is 18.8 Å². The molecule has 1 heterocycles. The van der Waals surface area contributed by atoms with Crippen molar-refractivity contribution in [2.24, 2.45) is 0 Å². The first-order chi connectivity index (χ1) is 10.4. The van der Waals surface area contributed by atoms with Gasteiger partial charge in [-0.05, 0) is 17.7 Å². The molecule has 3 atom stereocenters. The molecule has 0 bridgehead atoms. The number of nitro benzene ring substituents is 1. The van der Waals surface area contributed by atoms with E-state index in [-0.39, 0.29) is 12.3 Å². The Hall–Kier alpha value is -0.980. The lowest BCUT2D eigenvalue weighted by atomic mass is 10.0. The molecular weight excluding hydrogens is 354 g/mol. The van der Waals surface area contributed by atoms with E-state index < -0.39 is 36.2 Å². The number of hydrogen-bond acceptors (Lipinski definition) is 5. The highest BCUT2D eigenvalue weighted by Gasteiger charge is 2.34. The first-order valence-corrected chi connectivity index (χ1v) is 8.74. The summed E-state index contributed by atoms with van der Waals surface area (Å²) < 4.78 is 11.2. The summed E-state index contributed by atoms with van der Waals surface area (Å²) >= 11 is 11.1. The van der Waals surface area contributed by atoms with Crippen LogP contribution in [0, 0.1) is 10.1 Å². The Morgan fingerprint density at radius 2 is 2.09 bits per heavy atom. The largest absolute Gasteiger partial charge is 0.346 e. The van der Waals surface area contributed by atoms with E-state index in [1.54, 1.807) is 18.8 Å². The van der Waals surface area contributed by atoms with Crippen molar-refractivity contribution in [3.05, 3.63) is 39.9 Å². The molecule has 0 aromatic heterocycles. The van der Waals surface area contributed by atoms with Crippen LogP contribution in [0.1, 0.15) is 11.7 Å². The lowest BCUT2D eigenvalue weighted by molar-refractivity contribution is -0.384. The van der Waals surface area contributed by atoms with E-state index in [4.69, 9.17) is 32.2 Å². The predicted octanol–water partition coefficient (Wildman–Crippen LogP) is 2.91. The molecule has 1 saturated heterocycles. The highest BCUT2D eigenvalue weighted by atomic mass is 35.5. The zero-order chi connectivity index (χ0) is 16.3. The molecular formula is C12H13Cl2N2O5P. The van der Waals surface area contributed by atoms with Crippen molar-refractivity contribution in [3.63, 3.8) is 0 Å². The van der Waals surface area contributed by atoms with Crippen LogP contribution in [0.3, 0.4) is 0 Å². The normalized spacial score (nSPS) is 25.0. The summed E-state index contributed by atoms with van der Waals surface area (Å²) in [6.45, 7) is 2.04. The van der Waals surface area contributed by atoms with Crippen LogP contribution in [0.2, 0.25) is 0 Å². The SMILES string of the molecule is CP1OCC(NC(=O)C(Cl)Cl)C(c2ccc([N+](=O)[O-])cc2)O1. The third-order valence-electron chi connectivity index (χ3n) is 3.02. The molecule has 0 spiro atoms. The van der Waals surface area contributed by atoms with Gasteiger partial charge in [-0.3, -0.25) is 14.9 Å². The minimum absolute atomic E-state index is 0.0169. The van der Waals surface area contributed by atoms with Gasteiger partial charge in [0.2, 0.25) is 0 Å². The average molecular weight is 367 g/mol. The number of rotatable bonds is 4. The van der Waals surface area contributed by atoms with Crippen LogP contribution in [0.4, 0.5) is 5.69 Å². The molecule has 3 unspecified atom stereocenters. The lowest BCUT2D eigenvalue weighted by Crippen LogP contribution is -2.46. The zero-order valence-electron chi connectivity index (χ0n) is 11.4. The molecule has 1 aliphatic heterocycles. The summed E-state index contributed by atoms with van der Waals surface area (Å²) in [5.74, 6) is -0.547. The number of carbonyl (C=O) groups is 1. The molecule has 10 heteroatoms. The Morgan fingerprint density at radius 3 is 2.64 bits per heavy atom. The van der Waals surface area contributed by atoms with Crippen molar-refractivity contribution in [2.45, 2.75) is 17.0 Å². The summed E-state index contributed by atoms with van der Waals surface area (Å²) in [5, 5.41) is 13.3. The van der Waals surface area contributed by atoms with Gasteiger partial charge in [0.05, 0.1) is 17.6 Å². The average Bonchev–Trinajstić information content (AvgIpc) is 2.49. The molecule has 1 fully saturated rings. The summed E-state index contributed by atoms with van der Waals surface area (Å²) in [6.07, 6.45) is -0.485. The van der Waals surface area contributed by atoms with Gasteiger partial charge in [0.1, 0.15) is 6.10 Å². The number of nitrogens with zero attached hydrogens (tertiary/aromatic N) is 1. The first kappa shape index (κ1) is 17.4. The van der Waals surface area contributed by atoms with Crippen LogP contribution >= 0.6 is 31.6 Å². The second-order valence-electron chi connectivity index (χ2n) is 4.53. The molecule has 0 aliphatic carbocycles. The third kappa shape index (κ3) is 4.27. The number of hydrogen-bond donors (Lipinski definition) is 1. The van der Waals surface area contributed by atoms with Crippen LogP contribution in [-0.4, -0.2) is 35.0 Å². The molecule has 120 valence electrons. The zero-order valence-corrected chi connectivity index (χ0v) is 13.8. The van der Waals surface area contributed by atoms with Gasteiger partial charge in [0, 0.05) is 18.8 Å². The predicted molar refractivity (Wildman–Crippen MR) is 83.1 cm³/mol. The molecule has 1 amide bonds. The minimum Gasteiger partial charge on any atom is -0.346 e. The van der Waals surface area contributed by atoms with Gasteiger partial charge in [-0.2, -0.15) is 0 Å². The highest BCUT2D eigenvalue weighted by Crippen LogP contribution is 2.45. The monoisotopic (exact) mass is 366 g/mol. The third-order valence-corrected chi connectivity index (χ3v) is 4.45. The molecule has 1 N–H and O–H groups in total. The first-order valence-electron chi connectivity index (χ1n) is 6.25. The number of alkyl halides is 2. The Morgan fingerprint density at radius 1 is 1.45 bits per heavy atom. The quantitative estimate of drug-likeness (QED) is 0.383. The molecule has 7 nitrogen and oxygen atoms in total. The van der Waals surface area contributed by atoms with Crippen LogP contribution < -0.4 is 5.32 Å². The number of non-ortho nitro benzene ring substituents is 1. The number of amides is 1. The smallest absolute Gasteiger partial charge is 0.269 e. The number of nitrogens with one attached hydrogen (secondary N) is 1. The van der Waals surface area contributed by atoms with E-state index >= 15 is 0 Å². The van der Waals surface area contributed by atoms with E-state index in [2.05, 4.69) is 5.32 Å². The second kappa shape index (κ2) is 7.53. The fraction of sp³-hybridized carbons (Fsp3) is 0.417. The maximum Gasteiger partial charge on any atom is 0.269 e. The van der Waals surface area contributed by atoms with Crippen molar-refractivity contribution in [3.8, 4) is 0 Å². The maximum atomic E-state index is 11.6. The standard InChI is InChI=1S/C12H13Cl2N2O5P/c1-22-20-6-9(15-12(17)11(13)14)10(21-22)7-2-4-8(5-3-7)16(18)19/h2-5,9-11H,6H2,1H3,(H,15,17). The highest BCUT2D eigenvalue weighted by molar-refractivity contribution is 7.46. The summed E-state index contributed by atoms with van der Waals surface area (Å²) in [4.78, 5) is 20.7. The second-order valence-corrected chi connectivity index (χ2v) is 6.97. The summed E-state index contributed by atoms with van der Waals surface area (Å²) in [7, 11) is -1.09. The van der Waals surface area contributed by atoms with Gasteiger partial charge in [0.25, 0.3) is 11.6 Å². The fourth-order valence-electron chi connectivity index (χ4n) is 1.98. The van der Waals surface area contributed by atoms with Crippen molar-refractivity contribution in [1.82, 2.24) is 5.32 Å². The lowest BCUT2D eigenvalue weighted by Gasteiger charge is -2.35. The number of benzene rings is 1. The number of nitro groups is 1. The van der Waals surface area contributed by atoms with E-state index in [1.807, 2.05) is 0 Å². The number of carbonyl (C=O) groups excluding carboxylic acids is 1. The molecule has 1 aromatic rings. The summed E-state index contributed by atoms with van der Waals surface area (Å²) in [6, 6.07) is 5.48. The van der Waals surface area contributed by atoms with Crippen LogP contribution in [0.15, 0.2) is 24.3 Å². The van der Waals surface area contributed by atoms with Gasteiger partial charge >= 0.3 is 0 Å². The van der Waals surface area contributed by atoms with E-state index in [0.717, 1.165) is 0 Å². The topological polar surface area (TPSA) is 90.7 Å². The van der Waals surface area contributed by atoms with Crippen LogP contribution in [0.5, 0.6) is 0 Å². The van der Waals surface area contributed by atoms with Gasteiger partial charge < -0.3 is 14.4 Å². The van der Waals surface area contributed by atoms with Gasteiger partial charge in [-0.15, -0.1) is 0 Å². The van der Waals surface area contributed by atoms with Crippen molar-refractivity contribution >= 4 is 43.2 Å². The molecule has 2 rings (SSSR count). The molecule has 0 radical (unpaired) electrons. The fourth-order valence-corrected chi connectivity index (χ4v) is 3.12. The maximum absolute atomic E-state index is 11.6. The summed E-state index contributed by atoms with van der Waals surface area (Å²) in [5.41, 5.74) is 0.686. The molecule has 22 heavy (non-hydrogen) atoms. The van der Waals surface area contributed by atoms with Crippen LogP contribution in [0.25, 0.3) is 0 Å².